The number of hydrogen-bond acceptors (Lipinski definition) is 5. The number of rotatable bonds is 4. The molecular formula is C18H27N3O3. The first kappa shape index (κ1) is 17.0. The Balaban J connectivity index is 1.64. The molecule has 1 amide bonds. The molecule has 2 aliphatic heterocycles. The van der Waals surface area contributed by atoms with Gasteiger partial charge in [-0.2, -0.15) is 0 Å². The van der Waals surface area contributed by atoms with Gasteiger partial charge >= 0.3 is 6.09 Å². The van der Waals surface area contributed by atoms with Crippen LogP contribution in [-0.4, -0.2) is 58.5 Å². The molecule has 2 bridgehead atoms. The lowest BCUT2D eigenvalue weighted by atomic mass is 10.2. The number of fused-ring (bicyclic) bond motifs is 2. The molecule has 6 heteroatoms. The molecule has 0 radical (unpaired) electrons. The Morgan fingerprint density at radius 1 is 1.33 bits per heavy atom. The molecule has 2 atom stereocenters. The lowest BCUT2D eigenvalue weighted by molar-refractivity contribution is 0.0214. The third-order valence-electron chi connectivity index (χ3n) is 4.55. The second kappa shape index (κ2) is 6.59. The molecule has 2 fully saturated rings. The molecule has 2 aliphatic rings. The Morgan fingerprint density at radius 3 is 2.75 bits per heavy atom. The Kier molecular flexibility index (Phi) is 4.67. The van der Waals surface area contributed by atoms with Crippen LogP contribution in [0.15, 0.2) is 18.2 Å². The van der Waals surface area contributed by atoms with Gasteiger partial charge in [-0.1, -0.05) is 6.07 Å². The number of carbonyl (C=O) groups is 1. The minimum Gasteiger partial charge on any atom is -0.444 e. The summed E-state index contributed by atoms with van der Waals surface area (Å²) in [5.74, 6) is 0.974. The van der Waals surface area contributed by atoms with E-state index in [1.165, 1.54) is 0 Å². The van der Waals surface area contributed by atoms with Gasteiger partial charge in [0.1, 0.15) is 11.4 Å². The molecule has 24 heavy (non-hydrogen) atoms. The minimum atomic E-state index is -0.457. The Bertz CT molecular complexity index is 599. The van der Waals surface area contributed by atoms with Crippen molar-refractivity contribution in [3.8, 4) is 0 Å². The van der Waals surface area contributed by atoms with Crippen LogP contribution in [0.1, 0.15) is 39.3 Å². The zero-order valence-corrected chi connectivity index (χ0v) is 14.7. The van der Waals surface area contributed by atoms with Crippen molar-refractivity contribution in [3.05, 3.63) is 23.9 Å². The van der Waals surface area contributed by atoms with Crippen molar-refractivity contribution in [1.82, 2.24) is 9.88 Å². The van der Waals surface area contributed by atoms with E-state index in [-0.39, 0.29) is 18.7 Å². The minimum absolute atomic E-state index is 0.186. The number of amides is 1. The van der Waals surface area contributed by atoms with E-state index in [0.29, 0.717) is 12.6 Å². The monoisotopic (exact) mass is 333 g/mol. The zero-order valence-electron chi connectivity index (χ0n) is 14.7. The van der Waals surface area contributed by atoms with Crippen molar-refractivity contribution in [1.29, 1.82) is 0 Å². The van der Waals surface area contributed by atoms with Crippen molar-refractivity contribution >= 4 is 11.9 Å². The van der Waals surface area contributed by atoms with Crippen molar-refractivity contribution in [3.63, 3.8) is 0 Å². The summed E-state index contributed by atoms with van der Waals surface area (Å²) >= 11 is 0. The van der Waals surface area contributed by atoms with Crippen LogP contribution in [0.25, 0.3) is 0 Å². The van der Waals surface area contributed by atoms with Gasteiger partial charge in [-0.25, -0.2) is 9.78 Å². The van der Waals surface area contributed by atoms with Crippen LogP contribution >= 0.6 is 0 Å². The van der Waals surface area contributed by atoms with Crippen LogP contribution in [0, 0.1) is 0 Å². The highest BCUT2D eigenvalue weighted by Crippen LogP contribution is 2.34. The summed E-state index contributed by atoms with van der Waals surface area (Å²) in [6, 6.07) is 6.56. The number of likely N-dealkylation sites (tertiary alicyclic amines) is 1. The van der Waals surface area contributed by atoms with Gasteiger partial charge in [0, 0.05) is 25.4 Å². The molecule has 0 spiro atoms. The van der Waals surface area contributed by atoms with Crippen LogP contribution in [0.3, 0.4) is 0 Å². The lowest BCUT2D eigenvalue weighted by Crippen LogP contribution is -2.50. The first-order valence-electron chi connectivity index (χ1n) is 8.70. The number of pyridine rings is 1. The fourth-order valence-corrected chi connectivity index (χ4v) is 3.52. The van der Waals surface area contributed by atoms with Crippen molar-refractivity contribution in [2.45, 2.75) is 57.7 Å². The first-order valence-corrected chi connectivity index (χ1v) is 8.70. The molecule has 0 aliphatic carbocycles. The lowest BCUT2D eigenvalue weighted by Gasteiger charge is -2.35. The topological polar surface area (TPSA) is 65.9 Å². The van der Waals surface area contributed by atoms with Gasteiger partial charge in [0.05, 0.1) is 12.1 Å². The SMILES string of the molecule is CC(C)(C)OC(=O)N1C[C@H]2C[C@@H]1CN2c1cccc(CCCO)n1. The van der Waals surface area contributed by atoms with Crippen LogP contribution in [0.2, 0.25) is 0 Å². The van der Waals surface area contributed by atoms with E-state index in [2.05, 4.69) is 4.90 Å². The first-order chi connectivity index (χ1) is 11.4. The number of hydrogen-bond donors (Lipinski definition) is 1. The quantitative estimate of drug-likeness (QED) is 0.915. The summed E-state index contributed by atoms with van der Waals surface area (Å²) in [6.07, 6.45) is 2.28. The van der Waals surface area contributed by atoms with Crippen LogP contribution in [-0.2, 0) is 11.2 Å². The molecule has 2 saturated heterocycles. The summed E-state index contributed by atoms with van der Waals surface area (Å²) in [5, 5.41) is 8.97. The third-order valence-corrected chi connectivity index (χ3v) is 4.55. The van der Waals surface area contributed by atoms with Gasteiger partial charge in [0.15, 0.2) is 0 Å². The molecule has 0 unspecified atom stereocenters. The number of ether oxygens (including phenoxy) is 1. The number of aliphatic hydroxyl groups excluding tert-OH is 1. The van der Waals surface area contributed by atoms with E-state index in [1.807, 2.05) is 43.9 Å². The number of nitrogens with zero attached hydrogens (tertiary/aromatic N) is 3. The number of aryl methyl sites for hydroxylation is 1. The Labute approximate surface area is 143 Å². The van der Waals surface area contributed by atoms with E-state index in [9.17, 15) is 4.79 Å². The fraction of sp³-hybridized carbons (Fsp3) is 0.667. The van der Waals surface area contributed by atoms with Gasteiger partial charge in [-0.3, -0.25) is 0 Å². The molecule has 3 rings (SSSR count). The van der Waals surface area contributed by atoms with E-state index in [0.717, 1.165) is 37.3 Å². The standard InChI is InChI=1S/C18H27N3O3/c1-18(2,3)24-17(23)21-12-14-10-15(21)11-20(14)16-8-4-6-13(19-16)7-5-9-22/h4,6,8,14-15,22H,5,7,9-12H2,1-3H3/t14-,15-/m1/s1. The smallest absolute Gasteiger partial charge is 0.410 e. The number of carbonyl (C=O) groups excluding carboxylic acids is 1. The van der Waals surface area contributed by atoms with Crippen molar-refractivity contribution in [2.75, 3.05) is 24.6 Å². The molecule has 0 saturated carbocycles. The number of aliphatic hydroxyl groups is 1. The predicted octanol–water partition coefficient (Wildman–Crippen LogP) is 2.20. The number of piperazine rings is 1. The summed E-state index contributed by atoms with van der Waals surface area (Å²) in [5.41, 5.74) is 0.551. The van der Waals surface area contributed by atoms with Crippen LogP contribution in [0.4, 0.5) is 10.6 Å². The van der Waals surface area contributed by atoms with Crippen molar-refractivity contribution < 1.29 is 14.6 Å². The van der Waals surface area contributed by atoms with Gasteiger partial charge in [0.25, 0.3) is 0 Å². The molecular weight excluding hydrogens is 306 g/mol. The summed E-state index contributed by atoms with van der Waals surface area (Å²) in [6.45, 7) is 7.38. The zero-order chi connectivity index (χ0) is 17.3. The number of aromatic nitrogens is 1. The van der Waals surface area contributed by atoms with Gasteiger partial charge < -0.3 is 19.6 Å². The van der Waals surface area contributed by atoms with Gasteiger partial charge in [0.2, 0.25) is 0 Å². The van der Waals surface area contributed by atoms with Gasteiger partial charge in [-0.05, 0) is 52.2 Å². The normalized spacial score (nSPS) is 23.0. The van der Waals surface area contributed by atoms with E-state index < -0.39 is 5.60 Å². The Hall–Kier alpha value is -1.82. The van der Waals surface area contributed by atoms with Crippen LogP contribution < -0.4 is 4.90 Å². The van der Waals surface area contributed by atoms with Gasteiger partial charge in [-0.15, -0.1) is 0 Å². The highest BCUT2D eigenvalue weighted by molar-refractivity contribution is 5.70. The maximum atomic E-state index is 12.3. The fourth-order valence-electron chi connectivity index (χ4n) is 3.52. The van der Waals surface area contributed by atoms with E-state index in [1.54, 1.807) is 0 Å². The van der Waals surface area contributed by atoms with Crippen LogP contribution in [0.5, 0.6) is 0 Å². The van der Waals surface area contributed by atoms with Crippen molar-refractivity contribution in [2.24, 2.45) is 0 Å². The molecule has 1 aromatic rings. The Morgan fingerprint density at radius 2 is 2.12 bits per heavy atom. The number of anilines is 1. The molecule has 6 nitrogen and oxygen atoms in total. The highest BCUT2D eigenvalue weighted by Gasteiger charge is 2.46. The predicted molar refractivity (Wildman–Crippen MR) is 92.1 cm³/mol. The molecule has 1 N–H and O–H groups in total. The maximum Gasteiger partial charge on any atom is 0.410 e. The largest absolute Gasteiger partial charge is 0.444 e. The second-order valence-electron chi connectivity index (χ2n) is 7.64. The molecule has 0 aromatic carbocycles. The second-order valence-corrected chi connectivity index (χ2v) is 7.64. The average molecular weight is 333 g/mol. The summed E-state index contributed by atoms with van der Waals surface area (Å²) in [4.78, 5) is 21.2. The molecule has 3 heterocycles. The van der Waals surface area contributed by atoms with E-state index >= 15 is 0 Å². The van der Waals surface area contributed by atoms with E-state index in [4.69, 9.17) is 14.8 Å². The highest BCUT2D eigenvalue weighted by atomic mass is 16.6. The summed E-state index contributed by atoms with van der Waals surface area (Å²) in [7, 11) is 0. The molecule has 1 aromatic heterocycles. The average Bonchev–Trinajstić information content (AvgIpc) is 3.12. The third kappa shape index (κ3) is 3.64. The summed E-state index contributed by atoms with van der Waals surface area (Å²) < 4.78 is 5.51. The molecule has 132 valence electrons. The maximum absolute atomic E-state index is 12.3.